The molecular formula is C12H20N2. The van der Waals surface area contributed by atoms with E-state index in [0.717, 1.165) is 31.4 Å². The highest BCUT2D eigenvalue weighted by atomic mass is 14.7. The van der Waals surface area contributed by atoms with Crippen LogP contribution >= 0.6 is 0 Å². The van der Waals surface area contributed by atoms with E-state index in [1.165, 1.54) is 5.56 Å². The third-order valence-corrected chi connectivity index (χ3v) is 2.43. The van der Waals surface area contributed by atoms with Crippen LogP contribution in [-0.2, 0) is 12.8 Å². The van der Waals surface area contributed by atoms with Gasteiger partial charge in [-0.3, -0.25) is 4.98 Å². The maximum atomic E-state index is 5.95. The second kappa shape index (κ2) is 5.76. The van der Waals surface area contributed by atoms with Crippen LogP contribution in [0.3, 0.4) is 0 Å². The summed E-state index contributed by atoms with van der Waals surface area (Å²) in [7, 11) is 0. The number of nitrogens with two attached hydrogens (primary N) is 1. The number of nitrogens with zero attached hydrogens (tertiary/aromatic N) is 1. The van der Waals surface area contributed by atoms with Crippen LogP contribution in [0.15, 0.2) is 18.3 Å². The van der Waals surface area contributed by atoms with Crippen molar-refractivity contribution in [3.63, 3.8) is 0 Å². The second-order valence-corrected chi connectivity index (χ2v) is 3.76. The summed E-state index contributed by atoms with van der Waals surface area (Å²) in [6, 6.07) is 4.50. The van der Waals surface area contributed by atoms with Gasteiger partial charge in [0.15, 0.2) is 0 Å². The van der Waals surface area contributed by atoms with Gasteiger partial charge in [-0.15, -0.1) is 0 Å². The topological polar surface area (TPSA) is 38.9 Å². The average molecular weight is 192 g/mol. The molecule has 14 heavy (non-hydrogen) atoms. The van der Waals surface area contributed by atoms with E-state index in [2.05, 4.69) is 31.0 Å². The van der Waals surface area contributed by atoms with Gasteiger partial charge in [-0.25, -0.2) is 0 Å². The molecule has 2 heteroatoms. The minimum Gasteiger partial charge on any atom is -0.327 e. The Morgan fingerprint density at radius 3 is 2.64 bits per heavy atom. The first kappa shape index (κ1) is 11.2. The first-order valence-electron chi connectivity index (χ1n) is 5.45. The average Bonchev–Trinajstić information content (AvgIpc) is 2.19. The van der Waals surface area contributed by atoms with Gasteiger partial charge < -0.3 is 5.73 Å². The quantitative estimate of drug-likeness (QED) is 0.777. The van der Waals surface area contributed by atoms with E-state index >= 15 is 0 Å². The SMILES string of the molecule is CCCC(N)Cc1ccc(CC)cn1. The molecule has 0 saturated heterocycles. The van der Waals surface area contributed by atoms with Gasteiger partial charge in [0.1, 0.15) is 0 Å². The summed E-state index contributed by atoms with van der Waals surface area (Å²) >= 11 is 0. The van der Waals surface area contributed by atoms with Crippen molar-refractivity contribution in [3.8, 4) is 0 Å². The summed E-state index contributed by atoms with van der Waals surface area (Å²) in [5, 5.41) is 0. The van der Waals surface area contributed by atoms with Gasteiger partial charge in [0.25, 0.3) is 0 Å². The number of rotatable bonds is 5. The van der Waals surface area contributed by atoms with Gasteiger partial charge in [0.05, 0.1) is 0 Å². The van der Waals surface area contributed by atoms with Crippen LogP contribution in [0, 0.1) is 0 Å². The Morgan fingerprint density at radius 1 is 1.36 bits per heavy atom. The molecule has 1 aromatic rings. The van der Waals surface area contributed by atoms with Crippen molar-refractivity contribution in [2.45, 2.75) is 45.6 Å². The zero-order valence-corrected chi connectivity index (χ0v) is 9.16. The second-order valence-electron chi connectivity index (χ2n) is 3.76. The monoisotopic (exact) mass is 192 g/mol. The standard InChI is InChI=1S/C12H20N2/c1-3-5-11(13)8-12-7-6-10(4-2)9-14-12/h6-7,9,11H,3-5,8,13H2,1-2H3. The van der Waals surface area contributed by atoms with E-state index in [0.29, 0.717) is 0 Å². The van der Waals surface area contributed by atoms with E-state index in [1.807, 2.05) is 6.20 Å². The molecule has 1 rings (SSSR count). The Labute approximate surface area is 86.5 Å². The van der Waals surface area contributed by atoms with E-state index in [-0.39, 0.29) is 6.04 Å². The molecule has 0 amide bonds. The molecule has 1 heterocycles. The third kappa shape index (κ3) is 3.46. The molecule has 78 valence electrons. The number of pyridine rings is 1. The molecule has 0 aliphatic heterocycles. The van der Waals surface area contributed by atoms with Crippen LogP contribution in [0.2, 0.25) is 0 Å². The van der Waals surface area contributed by atoms with Crippen molar-refractivity contribution in [3.05, 3.63) is 29.6 Å². The van der Waals surface area contributed by atoms with Crippen molar-refractivity contribution < 1.29 is 0 Å². The van der Waals surface area contributed by atoms with Crippen molar-refractivity contribution in [1.29, 1.82) is 0 Å². The Morgan fingerprint density at radius 2 is 2.14 bits per heavy atom. The van der Waals surface area contributed by atoms with Crippen LogP contribution in [0.25, 0.3) is 0 Å². The Balaban J connectivity index is 2.50. The van der Waals surface area contributed by atoms with Gasteiger partial charge in [-0.2, -0.15) is 0 Å². The lowest BCUT2D eigenvalue weighted by atomic mass is 10.1. The molecule has 2 N–H and O–H groups in total. The van der Waals surface area contributed by atoms with Crippen molar-refractivity contribution in [2.24, 2.45) is 5.73 Å². The predicted octanol–water partition coefficient (Wildman–Crippen LogP) is 2.31. The largest absolute Gasteiger partial charge is 0.327 e. The zero-order valence-electron chi connectivity index (χ0n) is 9.16. The summed E-state index contributed by atoms with van der Waals surface area (Å²) < 4.78 is 0. The first-order chi connectivity index (χ1) is 6.76. The molecule has 0 aromatic carbocycles. The fourth-order valence-corrected chi connectivity index (χ4v) is 1.53. The maximum absolute atomic E-state index is 5.95. The number of aromatic nitrogens is 1. The summed E-state index contributed by atoms with van der Waals surface area (Å²) in [5.74, 6) is 0. The summed E-state index contributed by atoms with van der Waals surface area (Å²) in [6.07, 6.45) is 6.13. The lowest BCUT2D eigenvalue weighted by Crippen LogP contribution is -2.22. The molecule has 0 aliphatic rings. The molecule has 2 nitrogen and oxygen atoms in total. The van der Waals surface area contributed by atoms with Crippen LogP contribution < -0.4 is 5.73 Å². The Bertz CT molecular complexity index is 254. The maximum Gasteiger partial charge on any atom is 0.0419 e. The molecule has 0 radical (unpaired) electrons. The van der Waals surface area contributed by atoms with E-state index in [1.54, 1.807) is 0 Å². The van der Waals surface area contributed by atoms with Crippen LogP contribution in [-0.4, -0.2) is 11.0 Å². The van der Waals surface area contributed by atoms with Crippen LogP contribution in [0.5, 0.6) is 0 Å². The number of hydrogen-bond donors (Lipinski definition) is 1. The van der Waals surface area contributed by atoms with Crippen LogP contribution in [0.4, 0.5) is 0 Å². The normalized spacial score (nSPS) is 12.8. The lowest BCUT2D eigenvalue weighted by molar-refractivity contribution is 0.593. The zero-order chi connectivity index (χ0) is 10.4. The Kier molecular flexibility index (Phi) is 4.60. The summed E-state index contributed by atoms with van der Waals surface area (Å²) in [6.45, 7) is 4.30. The molecule has 0 aliphatic carbocycles. The molecular weight excluding hydrogens is 172 g/mol. The molecule has 1 atom stereocenters. The van der Waals surface area contributed by atoms with E-state index in [4.69, 9.17) is 5.73 Å². The minimum atomic E-state index is 0.264. The fourth-order valence-electron chi connectivity index (χ4n) is 1.53. The molecule has 1 unspecified atom stereocenters. The van der Waals surface area contributed by atoms with Gasteiger partial charge in [0, 0.05) is 24.4 Å². The fraction of sp³-hybridized carbons (Fsp3) is 0.583. The van der Waals surface area contributed by atoms with E-state index < -0.39 is 0 Å². The highest BCUT2D eigenvalue weighted by Crippen LogP contribution is 2.05. The third-order valence-electron chi connectivity index (χ3n) is 2.43. The predicted molar refractivity (Wildman–Crippen MR) is 60.2 cm³/mol. The van der Waals surface area contributed by atoms with Crippen molar-refractivity contribution >= 4 is 0 Å². The highest BCUT2D eigenvalue weighted by Gasteiger charge is 2.03. The molecule has 0 spiro atoms. The smallest absolute Gasteiger partial charge is 0.0419 e. The van der Waals surface area contributed by atoms with Gasteiger partial charge in [0.2, 0.25) is 0 Å². The van der Waals surface area contributed by atoms with Gasteiger partial charge in [-0.05, 0) is 24.5 Å². The van der Waals surface area contributed by atoms with Crippen molar-refractivity contribution in [1.82, 2.24) is 4.98 Å². The van der Waals surface area contributed by atoms with Crippen molar-refractivity contribution in [2.75, 3.05) is 0 Å². The van der Waals surface area contributed by atoms with Gasteiger partial charge in [-0.1, -0.05) is 26.3 Å². The van der Waals surface area contributed by atoms with Crippen LogP contribution in [0.1, 0.15) is 37.9 Å². The Hall–Kier alpha value is -0.890. The van der Waals surface area contributed by atoms with E-state index in [9.17, 15) is 0 Å². The minimum absolute atomic E-state index is 0.264. The summed E-state index contributed by atoms with van der Waals surface area (Å²) in [5.41, 5.74) is 8.35. The molecule has 0 saturated carbocycles. The first-order valence-corrected chi connectivity index (χ1v) is 5.45. The highest BCUT2D eigenvalue weighted by molar-refractivity contribution is 5.14. The summed E-state index contributed by atoms with van der Waals surface area (Å²) in [4.78, 5) is 4.39. The number of aryl methyl sites for hydroxylation is 1. The lowest BCUT2D eigenvalue weighted by Gasteiger charge is -2.09. The van der Waals surface area contributed by atoms with Gasteiger partial charge >= 0.3 is 0 Å². The molecule has 1 aromatic heterocycles. The molecule has 0 fully saturated rings. The number of hydrogen-bond acceptors (Lipinski definition) is 2. The molecule has 0 bridgehead atoms.